The molecule has 1 aromatic rings. The molecule has 102 valence electrons. The predicted molar refractivity (Wildman–Crippen MR) is 76.4 cm³/mol. The lowest BCUT2D eigenvalue weighted by molar-refractivity contribution is 0.117. The van der Waals surface area contributed by atoms with Gasteiger partial charge in [-0.05, 0) is 37.6 Å². The second kappa shape index (κ2) is 8.25. The molecule has 0 radical (unpaired) electrons. The first-order valence-corrected chi connectivity index (χ1v) is 6.80. The molecule has 0 saturated carbocycles. The van der Waals surface area contributed by atoms with Gasteiger partial charge in [-0.15, -0.1) is 0 Å². The van der Waals surface area contributed by atoms with Crippen LogP contribution in [0.2, 0.25) is 0 Å². The first-order chi connectivity index (χ1) is 8.65. The highest BCUT2D eigenvalue weighted by Crippen LogP contribution is 2.09. The first-order valence-electron chi connectivity index (χ1n) is 6.80. The molecule has 0 aliphatic rings. The summed E-state index contributed by atoms with van der Waals surface area (Å²) in [6.45, 7) is 4.28. The molecule has 0 heterocycles. The lowest BCUT2D eigenvalue weighted by Gasteiger charge is -2.20. The third-order valence-corrected chi connectivity index (χ3v) is 3.04. The van der Waals surface area contributed by atoms with Crippen LogP contribution in [0.3, 0.4) is 0 Å². The van der Waals surface area contributed by atoms with E-state index in [2.05, 4.69) is 36.1 Å². The van der Waals surface area contributed by atoms with Gasteiger partial charge in [0.2, 0.25) is 0 Å². The molecule has 0 aliphatic carbocycles. The van der Waals surface area contributed by atoms with Gasteiger partial charge in [0.25, 0.3) is 0 Å². The normalized spacial score (nSPS) is 12.9. The molecule has 3 nitrogen and oxygen atoms in total. The molecule has 1 unspecified atom stereocenters. The van der Waals surface area contributed by atoms with Crippen molar-refractivity contribution in [3.05, 3.63) is 35.4 Å². The van der Waals surface area contributed by atoms with Crippen LogP contribution >= 0.6 is 0 Å². The second-order valence-corrected chi connectivity index (χ2v) is 4.99. The molecule has 3 heteroatoms. The number of likely N-dealkylation sites (N-methyl/N-ethyl adjacent to an activating group) is 1. The number of benzene rings is 1. The van der Waals surface area contributed by atoms with Crippen molar-refractivity contribution in [1.29, 1.82) is 0 Å². The van der Waals surface area contributed by atoms with Crippen molar-refractivity contribution in [2.45, 2.75) is 38.8 Å². The second-order valence-electron chi connectivity index (χ2n) is 4.99. The van der Waals surface area contributed by atoms with E-state index in [0.29, 0.717) is 19.5 Å². The van der Waals surface area contributed by atoms with Gasteiger partial charge in [0.05, 0.1) is 6.10 Å². The smallest absolute Gasteiger partial charge is 0.0679 e. The maximum Gasteiger partial charge on any atom is 0.0679 e. The molecule has 0 amide bonds. The average Bonchev–Trinajstić information content (AvgIpc) is 2.32. The van der Waals surface area contributed by atoms with Crippen molar-refractivity contribution < 1.29 is 5.11 Å². The predicted octanol–water partition coefficient (Wildman–Crippen LogP) is 1.78. The Morgan fingerprint density at radius 2 is 1.83 bits per heavy atom. The minimum atomic E-state index is -0.320. The van der Waals surface area contributed by atoms with E-state index in [1.165, 1.54) is 17.5 Å². The Balaban J connectivity index is 2.41. The van der Waals surface area contributed by atoms with Gasteiger partial charge in [-0.1, -0.05) is 37.6 Å². The maximum atomic E-state index is 9.69. The lowest BCUT2D eigenvalue weighted by atomic mass is 10.1. The van der Waals surface area contributed by atoms with E-state index in [4.69, 9.17) is 5.73 Å². The summed E-state index contributed by atoms with van der Waals surface area (Å²) in [4.78, 5) is 2.13. The zero-order chi connectivity index (χ0) is 13.4. The van der Waals surface area contributed by atoms with E-state index >= 15 is 0 Å². The van der Waals surface area contributed by atoms with E-state index in [0.717, 1.165) is 13.0 Å². The number of aliphatic hydroxyl groups is 1. The summed E-state index contributed by atoms with van der Waals surface area (Å²) in [5.41, 5.74) is 8.11. The third kappa shape index (κ3) is 5.63. The Kier molecular flexibility index (Phi) is 6.94. The SMILES string of the molecule is CCCc1ccc(CN(C)CC(O)CCN)cc1. The van der Waals surface area contributed by atoms with Gasteiger partial charge in [-0.2, -0.15) is 0 Å². The molecular weight excluding hydrogens is 224 g/mol. The van der Waals surface area contributed by atoms with Gasteiger partial charge in [0.1, 0.15) is 0 Å². The third-order valence-electron chi connectivity index (χ3n) is 3.04. The van der Waals surface area contributed by atoms with Gasteiger partial charge in [0.15, 0.2) is 0 Å². The standard InChI is InChI=1S/C15H26N2O/c1-3-4-13-5-7-14(8-6-13)11-17(2)12-15(18)9-10-16/h5-8,15,18H,3-4,9-12,16H2,1-2H3. The van der Waals surface area contributed by atoms with Crippen molar-refractivity contribution in [3.8, 4) is 0 Å². The van der Waals surface area contributed by atoms with Crippen LogP contribution in [0.4, 0.5) is 0 Å². The summed E-state index contributed by atoms with van der Waals surface area (Å²) in [5, 5.41) is 9.69. The molecule has 18 heavy (non-hydrogen) atoms. The molecule has 3 N–H and O–H groups in total. The summed E-state index contributed by atoms with van der Waals surface area (Å²) >= 11 is 0. The highest BCUT2D eigenvalue weighted by atomic mass is 16.3. The Morgan fingerprint density at radius 3 is 2.39 bits per heavy atom. The molecule has 0 aromatic heterocycles. The molecule has 1 aromatic carbocycles. The van der Waals surface area contributed by atoms with E-state index < -0.39 is 0 Å². The monoisotopic (exact) mass is 250 g/mol. The van der Waals surface area contributed by atoms with E-state index in [-0.39, 0.29) is 6.10 Å². The largest absolute Gasteiger partial charge is 0.392 e. The molecule has 0 spiro atoms. The molecule has 0 fully saturated rings. The lowest BCUT2D eigenvalue weighted by Crippen LogP contribution is -2.30. The minimum Gasteiger partial charge on any atom is -0.392 e. The summed E-state index contributed by atoms with van der Waals surface area (Å²) in [7, 11) is 2.03. The Bertz CT molecular complexity index is 324. The molecule has 0 aliphatic heterocycles. The fraction of sp³-hybridized carbons (Fsp3) is 0.600. The van der Waals surface area contributed by atoms with Gasteiger partial charge >= 0.3 is 0 Å². The van der Waals surface area contributed by atoms with Gasteiger partial charge in [-0.25, -0.2) is 0 Å². The fourth-order valence-electron chi connectivity index (χ4n) is 2.12. The highest BCUT2D eigenvalue weighted by molar-refractivity contribution is 5.22. The van der Waals surface area contributed by atoms with Crippen LogP contribution < -0.4 is 5.73 Å². The zero-order valence-corrected chi connectivity index (χ0v) is 11.6. The fourth-order valence-corrected chi connectivity index (χ4v) is 2.12. The Hall–Kier alpha value is -0.900. The molecule has 1 atom stereocenters. The van der Waals surface area contributed by atoms with Crippen molar-refractivity contribution >= 4 is 0 Å². The van der Waals surface area contributed by atoms with Crippen molar-refractivity contribution in [1.82, 2.24) is 4.90 Å². The number of nitrogens with zero attached hydrogens (tertiary/aromatic N) is 1. The van der Waals surface area contributed by atoms with Crippen LogP contribution in [0.5, 0.6) is 0 Å². The van der Waals surface area contributed by atoms with Crippen molar-refractivity contribution in [2.75, 3.05) is 20.1 Å². The van der Waals surface area contributed by atoms with Crippen LogP contribution in [0.1, 0.15) is 30.9 Å². The van der Waals surface area contributed by atoms with Crippen LogP contribution in [0, 0.1) is 0 Å². The number of aryl methyl sites for hydroxylation is 1. The molecule has 0 bridgehead atoms. The van der Waals surface area contributed by atoms with E-state index in [9.17, 15) is 5.11 Å². The van der Waals surface area contributed by atoms with Crippen LogP contribution in [0.25, 0.3) is 0 Å². The minimum absolute atomic E-state index is 0.320. The van der Waals surface area contributed by atoms with Crippen LogP contribution in [0.15, 0.2) is 24.3 Å². The number of rotatable bonds is 8. The van der Waals surface area contributed by atoms with Gasteiger partial charge < -0.3 is 10.8 Å². The number of aliphatic hydroxyl groups excluding tert-OH is 1. The maximum absolute atomic E-state index is 9.69. The number of hydrogen-bond donors (Lipinski definition) is 2. The van der Waals surface area contributed by atoms with Crippen molar-refractivity contribution in [3.63, 3.8) is 0 Å². The van der Waals surface area contributed by atoms with E-state index in [1.54, 1.807) is 0 Å². The van der Waals surface area contributed by atoms with Crippen molar-refractivity contribution in [2.24, 2.45) is 5.73 Å². The summed E-state index contributed by atoms with van der Waals surface area (Å²) in [5.74, 6) is 0. The quantitative estimate of drug-likeness (QED) is 0.739. The molecule has 1 rings (SSSR count). The molecular formula is C15H26N2O. The summed E-state index contributed by atoms with van der Waals surface area (Å²) < 4.78 is 0. The number of nitrogens with two attached hydrogens (primary N) is 1. The Morgan fingerprint density at radius 1 is 1.22 bits per heavy atom. The Labute approximate surface area is 111 Å². The van der Waals surface area contributed by atoms with Gasteiger partial charge in [0, 0.05) is 13.1 Å². The van der Waals surface area contributed by atoms with Crippen LogP contribution in [-0.4, -0.2) is 36.2 Å². The highest BCUT2D eigenvalue weighted by Gasteiger charge is 2.07. The van der Waals surface area contributed by atoms with E-state index in [1.807, 2.05) is 7.05 Å². The molecule has 0 saturated heterocycles. The first kappa shape index (κ1) is 15.2. The summed E-state index contributed by atoms with van der Waals surface area (Å²) in [6, 6.07) is 8.75. The van der Waals surface area contributed by atoms with Gasteiger partial charge in [-0.3, -0.25) is 4.90 Å². The average molecular weight is 250 g/mol. The zero-order valence-electron chi connectivity index (χ0n) is 11.6. The topological polar surface area (TPSA) is 49.5 Å². The summed E-state index contributed by atoms with van der Waals surface area (Å²) in [6.07, 6.45) is 2.68. The number of hydrogen-bond acceptors (Lipinski definition) is 3. The van der Waals surface area contributed by atoms with Crippen LogP contribution in [-0.2, 0) is 13.0 Å².